The Hall–Kier alpha value is -1.35. The maximum atomic E-state index is 11.3. The minimum Gasteiger partial charge on any atom is -0.346 e. The zero-order chi connectivity index (χ0) is 13.2. The lowest BCUT2D eigenvalue weighted by atomic mass is 9.85. The number of aryl methyl sites for hydroxylation is 2. The van der Waals surface area contributed by atoms with Crippen molar-refractivity contribution in [2.45, 2.75) is 45.1 Å². The number of benzene rings is 1. The molecule has 18 heavy (non-hydrogen) atoms. The number of carbonyl (C=O) groups is 1. The predicted octanol–water partition coefficient (Wildman–Crippen LogP) is 1.88. The number of rotatable bonds is 3. The second kappa shape index (κ2) is 5.11. The van der Waals surface area contributed by atoms with E-state index in [-0.39, 0.29) is 5.91 Å². The van der Waals surface area contributed by atoms with Crippen molar-refractivity contribution in [3.8, 4) is 0 Å². The smallest absolute Gasteiger partial charge is 0.217 e. The molecule has 1 aliphatic carbocycles. The van der Waals surface area contributed by atoms with Crippen molar-refractivity contribution < 1.29 is 4.79 Å². The van der Waals surface area contributed by atoms with E-state index < -0.39 is 5.54 Å². The first-order valence-corrected chi connectivity index (χ1v) is 6.66. The molecular formula is C15H22N2O. The lowest BCUT2D eigenvalue weighted by molar-refractivity contribution is -0.120. The van der Waals surface area contributed by atoms with Crippen LogP contribution < -0.4 is 11.1 Å². The van der Waals surface area contributed by atoms with Gasteiger partial charge in [0.25, 0.3) is 0 Å². The maximum Gasteiger partial charge on any atom is 0.217 e. The summed E-state index contributed by atoms with van der Waals surface area (Å²) in [6, 6.07) is 6.52. The van der Waals surface area contributed by atoms with Gasteiger partial charge >= 0.3 is 0 Å². The van der Waals surface area contributed by atoms with Gasteiger partial charge in [-0.2, -0.15) is 0 Å². The normalized spacial score (nSPS) is 17.7. The molecule has 1 aliphatic rings. The highest BCUT2D eigenvalue weighted by Crippen LogP contribution is 2.27. The van der Waals surface area contributed by atoms with Crippen molar-refractivity contribution in [3.63, 3.8) is 0 Å². The third-order valence-electron chi connectivity index (χ3n) is 3.85. The number of hydrogen-bond donors (Lipinski definition) is 2. The first-order valence-electron chi connectivity index (χ1n) is 6.66. The summed E-state index contributed by atoms with van der Waals surface area (Å²) in [5.74, 6) is -0.0410. The van der Waals surface area contributed by atoms with Crippen LogP contribution in [0.25, 0.3) is 0 Å². The fraction of sp³-hybridized carbons (Fsp3) is 0.533. The highest BCUT2D eigenvalue weighted by atomic mass is 16.1. The molecule has 3 N–H and O–H groups in total. The van der Waals surface area contributed by atoms with Crippen LogP contribution in [0.4, 0.5) is 0 Å². The zero-order valence-corrected chi connectivity index (χ0v) is 11.3. The highest BCUT2D eigenvalue weighted by Gasteiger charge is 2.26. The molecule has 0 radical (unpaired) electrons. The Kier molecular flexibility index (Phi) is 3.71. The average molecular weight is 246 g/mol. The number of carbonyl (C=O) groups excluding carboxylic acids is 1. The SMILES string of the molecule is CC(=O)NC(C)(CN)c1ccc2c(c1)CCCC2. The number of hydrogen-bond acceptors (Lipinski definition) is 2. The van der Waals surface area contributed by atoms with E-state index >= 15 is 0 Å². The Labute approximate surface area is 109 Å². The quantitative estimate of drug-likeness (QED) is 0.855. The fourth-order valence-electron chi connectivity index (χ4n) is 2.71. The summed E-state index contributed by atoms with van der Waals surface area (Å²) in [6.45, 7) is 3.93. The fourth-order valence-corrected chi connectivity index (χ4v) is 2.71. The summed E-state index contributed by atoms with van der Waals surface area (Å²) >= 11 is 0. The number of nitrogens with one attached hydrogen (secondary N) is 1. The monoisotopic (exact) mass is 246 g/mol. The van der Waals surface area contributed by atoms with Crippen LogP contribution in [0.1, 0.15) is 43.4 Å². The van der Waals surface area contributed by atoms with Gasteiger partial charge in [0.1, 0.15) is 0 Å². The molecule has 3 heteroatoms. The van der Waals surface area contributed by atoms with Gasteiger partial charge in [0.05, 0.1) is 5.54 Å². The molecule has 0 aliphatic heterocycles. The molecule has 98 valence electrons. The molecule has 0 saturated carbocycles. The molecular weight excluding hydrogens is 224 g/mol. The van der Waals surface area contributed by atoms with Crippen molar-refractivity contribution in [2.24, 2.45) is 5.73 Å². The van der Waals surface area contributed by atoms with Gasteiger partial charge in [-0.25, -0.2) is 0 Å². The summed E-state index contributed by atoms with van der Waals surface area (Å²) in [7, 11) is 0. The Morgan fingerprint density at radius 2 is 2.00 bits per heavy atom. The number of fused-ring (bicyclic) bond motifs is 1. The van der Waals surface area contributed by atoms with E-state index in [9.17, 15) is 4.79 Å². The first-order chi connectivity index (χ1) is 8.55. The minimum atomic E-state index is -0.460. The molecule has 1 aromatic rings. The van der Waals surface area contributed by atoms with E-state index in [1.165, 1.54) is 37.3 Å². The van der Waals surface area contributed by atoms with Gasteiger partial charge in [0.15, 0.2) is 0 Å². The Bertz CT molecular complexity index is 456. The van der Waals surface area contributed by atoms with E-state index in [1.807, 2.05) is 6.92 Å². The van der Waals surface area contributed by atoms with Crippen LogP contribution in [0, 0.1) is 0 Å². The summed E-state index contributed by atoms with van der Waals surface area (Å²) in [6.07, 6.45) is 4.86. The Morgan fingerprint density at radius 3 is 2.61 bits per heavy atom. The van der Waals surface area contributed by atoms with Gasteiger partial charge in [-0.3, -0.25) is 4.79 Å². The summed E-state index contributed by atoms with van der Waals surface area (Å²) in [5.41, 5.74) is 9.37. The molecule has 3 nitrogen and oxygen atoms in total. The van der Waals surface area contributed by atoms with Gasteiger partial charge in [-0.05, 0) is 49.3 Å². The number of nitrogens with two attached hydrogens (primary N) is 1. The van der Waals surface area contributed by atoms with E-state index in [0.717, 1.165) is 12.0 Å². The Balaban J connectivity index is 2.34. The first kappa shape index (κ1) is 13.1. The Morgan fingerprint density at radius 1 is 1.33 bits per heavy atom. The van der Waals surface area contributed by atoms with Crippen LogP contribution in [0.15, 0.2) is 18.2 Å². The molecule has 0 fully saturated rings. The summed E-state index contributed by atoms with van der Waals surface area (Å²) < 4.78 is 0. The van der Waals surface area contributed by atoms with Gasteiger partial charge in [-0.15, -0.1) is 0 Å². The van der Waals surface area contributed by atoms with Crippen molar-refractivity contribution in [2.75, 3.05) is 6.54 Å². The van der Waals surface area contributed by atoms with E-state index in [4.69, 9.17) is 5.73 Å². The van der Waals surface area contributed by atoms with Gasteiger partial charge in [0, 0.05) is 13.5 Å². The van der Waals surface area contributed by atoms with Crippen LogP contribution in [-0.4, -0.2) is 12.5 Å². The van der Waals surface area contributed by atoms with Crippen molar-refractivity contribution in [1.29, 1.82) is 0 Å². The van der Waals surface area contributed by atoms with E-state index in [0.29, 0.717) is 6.54 Å². The largest absolute Gasteiger partial charge is 0.346 e. The molecule has 0 saturated heterocycles. The molecule has 0 heterocycles. The molecule has 0 aromatic heterocycles. The highest BCUT2D eigenvalue weighted by molar-refractivity contribution is 5.74. The lowest BCUT2D eigenvalue weighted by Crippen LogP contribution is -2.48. The number of amides is 1. The van der Waals surface area contributed by atoms with Crippen LogP contribution in [-0.2, 0) is 23.2 Å². The van der Waals surface area contributed by atoms with Gasteiger partial charge in [0.2, 0.25) is 5.91 Å². The average Bonchev–Trinajstić information content (AvgIpc) is 2.37. The standard InChI is InChI=1S/C15H22N2O/c1-11(18)17-15(2,10-16)14-8-7-12-5-3-4-6-13(12)9-14/h7-9H,3-6,10,16H2,1-2H3,(H,17,18). The zero-order valence-electron chi connectivity index (χ0n) is 11.3. The van der Waals surface area contributed by atoms with Crippen molar-refractivity contribution >= 4 is 5.91 Å². The predicted molar refractivity (Wildman–Crippen MR) is 73.3 cm³/mol. The lowest BCUT2D eigenvalue weighted by Gasteiger charge is -2.31. The molecule has 1 aromatic carbocycles. The second-order valence-electron chi connectivity index (χ2n) is 5.41. The van der Waals surface area contributed by atoms with Crippen LogP contribution in [0.2, 0.25) is 0 Å². The second-order valence-corrected chi connectivity index (χ2v) is 5.41. The topological polar surface area (TPSA) is 55.1 Å². The molecule has 1 amide bonds. The maximum absolute atomic E-state index is 11.3. The molecule has 0 spiro atoms. The van der Waals surface area contributed by atoms with Crippen molar-refractivity contribution in [1.82, 2.24) is 5.32 Å². The minimum absolute atomic E-state index is 0.0410. The molecule has 2 rings (SSSR count). The van der Waals surface area contributed by atoms with Crippen LogP contribution >= 0.6 is 0 Å². The summed E-state index contributed by atoms with van der Waals surface area (Å²) in [5, 5.41) is 2.97. The van der Waals surface area contributed by atoms with Gasteiger partial charge in [-0.1, -0.05) is 18.2 Å². The van der Waals surface area contributed by atoms with Crippen molar-refractivity contribution in [3.05, 3.63) is 34.9 Å². The third-order valence-corrected chi connectivity index (χ3v) is 3.85. The molecule has 1 unspecified atom stereocenters. The van der Waals surface area contributed by atoms with E-state index in [1.54, 1.807) is 0 Å². The van der Waals surface area contributed by atoms with Gasteiger partial charge < -0.3 is 11.1 Å². The molecule has 1 atom stereocenters. The van der Waals surface area contributed by atoms with Crippen LogP contribution in [0.5, 0.6) is 0 Å². The van der Waals surface area contributed by atoms with E-state index in [2.05, 4.69) is 23.5 Å². The summed E-state index contributed by atoms with van der Waals surface area (Å²) in [4.78, 5) is 11.3. The third kappa shape index (κ3) is 2.56. The van der Waals surface area contributed by atoms with Crippen LogP contribution in [0.3, 0.4) is 0 Å². The molecule has 0 bridgehead atoms.